The molecule has 0 aromatic carbocycles. The molecule has 0 bridgehead atoms. The Bertz CT molecular complexity index is 518. The lowest BCUT2D eigenvalue weighted by atomic mass is 10.1. The Hall–Kier alpha value is -1.06. The van der Waals surface area contributed by atoms with Crippen LogP contribution in [-0.4, -0.2) is 48.6 Å². The van der Waals surface area contributed by atoms with Crippen LogP contribution in [0.1, 0.15) is 90.4 Å². The number of halogens is 5. The molecule has 4 nitrogen and oxygen atoms in total. The van der Waals surface area contributed by atoms with Crippen molar-refractivity contribution < 1.29 is 36.3 Å². The summed E-state index contributed by atoms with van der Waals surface area (Å²) in [5.74, 6) is -8.82. The molecule has 1 amide bonds. The third-order valence-corrected chi connectivity index (χ3v) is 5.73. The van der Waals surface area contributed by atoms with Crippen molar-refractivity contribution in [2.75, 3.05) is 18.6 Å². The van der Waals surface area contributed by atoms with E-state index in [1.54, 1.807) is 6.26 Å². The maximum atomic E-state index is 13.1. The minimum atomic E-state index is -6.03. The number of carbonyl (C=O) groups excluding carboxylic acids is 2. The van der Waals surface area contributed by atoms with E-state index in [0.29, 0.717) is 6.42 Å². The van der Waals surface area contributed by atoms with Crippen LogP contribution in [0.3, 0.4) is 0 Å². The van der Waals surface area contributed by atoms with Crippen LogP contribution in [0.5, 0.6) is 0 Å². The molecule has 1 N–H and O–H groups in total. The lowest BCUT2D eigenvalue weighted by Crippen LogP contribution is -2.55. The third kappa shape index (κ3) is 13.5. The summed E-state index contributed by atoms with van der Waals surface area (Å²) in [6.07, 6.45) is 9.07. The molecule has 10 heteroatoms. The van der Waals surface area contributed by atoms with Gasteiger partial charge < -0.3 is 10.1 Å². The van der Waals surface area contributed by atoms with Gasteiger partial charge in [-0.1, -0.05) is 77.6 Å². The normalized spacial score (nSPS) is 13.1. The molecule has 0 radical (unpaired) electrons. The maximum absolute atomic E-state index is 13.1. The fourth-order valence-corrected chi connectivity index (χ4v) is 3.55. The smallest absolute Gasteiger partial charge is 0.463 e. The number of ether oxygens (including phenoxy) is 1. The Morgan fingerprint density at radius 1 is 0.844 bits per heavy atom. The molecule has 0 fully saturated rings. The standard InChI is InChI=1S/C22H38F5NO3S/c1-3-4-5-6-7-8-9-10-11-12-13-14-16-31-19(29)18(15-17-32-2)28-20(30)21(23,24)22(25,26)27/h18H,3-17H2,1-2H3,(H,28,30). The Morgan fingerprint density at radius 3 is 1.75 bits per heavy atom. The first kappa shape index (κ1) is 30.9. The molecule has 0 aliphatic rings. The van der Waals surface area contributed by atoms with Crippen LogP contribution < -0.4 is 5.32 Å². The van der Waals surface area contributed by atoms with Crippen molar-refractivity contribution in [2.45, 2.75) is 109 Å². The number of carbonyl (C=O) groups is 2. The molecule has 0 aromatic rings. The van der Waals surface area contributed by atoms with E-state index >= 15 is 0 Å². The molecule has 0 aliphatic carbocycles. The third-order valence-electron chi connectivity index (χ3n) is 5.08. The molecule has 0 saturated carbocycles. The minimum Gasteiger partial charge on any atom is -0.464 e. The summed E-state index contributed by atoms with van der Waals surface area (Å²) < 4.78 is 68.3. The van der Waals surface area contributed by atoms with Gasteiger partial charge in [0, 0.05) is 0 Å². The Labute approximate surface area is 192 Å². The minimum absolute atomic E-state index is 0.0392. The highest BCUT2D eigenvalue weighted by Crippen LogP contribution is 2.35. The van der Waals surface area contributed by atoms with E-state index in [-0.39, 0.29) is 18.8 Å². The molecule has 0 spiro atoms. The van der Waals surface area contributed by atoms with Gasteiger partial charge in [0.15, 0.2) is 0 Å². The molecular weight excluding hydrogens is 453 g/mol. The molecule has 1 atom stereocenters. The monoisotopic (exact) mass is 491 g/mol. The number of hydrogen-bond acceptors (Lipinski definition) is 4. The highest BCUT2D eigenvalue weighted by Gasteiger charge is 2.63. The number of amides is 1. The van der Waals surface area contributed by atoms with Gasteiger partial charge in [-0.2, -0.15) is 33.7 Å². The van der Waals surface area contributed by atoms with Crippen molar-refractivity contribution in [3.05, 3.63) is 0 Å². The highest BCUT2D eigenvalue weighted by molar-refractivity contribution is 7.98. The fraction of sp³-hybridized carbons (Fsp3) is 0.909. The quantitative estimate of drug-likeness (QED) is 0.125. The van der Waals surface area contributed by atoms with Gasteiger partial charge in [-0.05, 0) is 24.9 Å². The second kappa shape index (κ2) is 17.4. The number of alkyl halides is 5. The average molecular weight is 492 g/mol. The van der Waals surface area contributed by atoms with Crippen LogP contribution in [-0.2, 0) is 14.3 Å². The SMILES string of the molecule is CCCCCCCCCCCCCCOC(=O)C(CCSC)NC(=O)C(F)(F)C(F)(F)F. The number of nitrogens with one attached hydrogen (secondary N) is 1. The first-order chi connectivity index (χ1) is 15.1. The zero-order valence-electron chi connectivity index (χ0n) is 19.2. The zero-order valence-corrected chi connectivity index (χ0v) is 20.0. The van der Waals surface area contributed by atoms with Crippen LogP contribution in [0.2, 0.25) is 0 Å². The van der Waals surface area contributed by atoms with E-state index in [4.69, 9.17) is 4.74 Å². The molecule has 0 aromatic heterocycles. The van der Waals surface area contributed by atoms with Crippen molar-refractivity contribution in [2.24, 2.45) is 0 Å². The Kier molecular flexibility index (Phi) is 16.8. The van der Waals surface area contributed by atoms with Crippen LogP contribution in [0.15, 0.2) is 0 Å². The number of thioether (sulfide) groups is 1. The molecule has 190 valence electrons. The molecule has 0 aliphatic heterocycles. The van der Waals surface area contributed by atoms with Gasteiger partial charge in [0.05, 0.1) is 6.61 Å². The van der Waals surface area contributed by atoms with Crippen molar-refractivity contribution >= 4 is 23.6 Å². The van der Waals surface area contributed by atoms with Gasteiger partial charge in [-0.3, -0.25) is 4.79 Å². The molecule has 1 unspecified atom stereocenters. The second-order valence-electron chi connectivity index (χ2n) is 7.94. The van der Waals surface area contributed by atoms with Gasteiger partial charge in [0.2, 0.25) is 0 Å². The van der Waals surface area contributed by atoms with Gasteiger partial charge in [0.25, 0.3) is 0 Å². The summed E-state index contributed by atoms with van der Waals surface area (Å²) in [7, 11) is 0. The molecule has 32 heavy (non-hydrogen) atoms. The van der Waals surface area contributed by atoms with Crippen molar-refractivity contribution in [3.63, 3.8) is 0 Å². The summed E-state index contributed by atoms with van der Waals surface area (Å²) in [6.45, 7) is 2.24. The Morgan fingerprint density at radius 2 is 1.31 bits per heavy atom. The van der Waals surface area contributed by atoms with Crippen LogP contribution in [0, 0.1) is 0 Å². The number of rotatable bonds is 19. The first-order valence-corrected chi connectivity index (χ1v) is 12.9. The predicted octanol–water partition coefficient (Wildman–Crippen LogP) is 6.67. The molecule has 0 heterocycles. The fourth-order valence-electron chi connectivity index (χ4n) is 3.08. The number of hydrogen-bond donors (Lipinski definition) is 1. The van der Waals surface area contributed by atoms with E-state index < -0.39 is 30.0 Å². The number of unbranched alkanes of at least 4 members (excludes halogenated alkanes) is 11. The average Bonchev–Trinajstić information content (AvgIpc) is 2.73. The summed E-state index contributed by atoms with van der Waals surface area (Å²) in [5, 5.41) is 1.50. The van der Waals surface area contributed by atoms with E-state index in [1.165, 1.54) is 62.0 Å². The topological polar surface area (TPSA) is 55.4 Å². The van der Waals surface area contributed by atoms with Crippen LogP contribution in [0.4, 0.5) is 22.0 Å². The van der Waals surface area contributed by atoms with Crippen molar-refractivity contribution in [1.82, 2.24) is 5.32 Å². The van der Waals surface area contributed by atoms with Crippen LogP contribution in [0.25, 0.3) is 0 Å². The number of esters is 1. The van der Waals surface area contributed by atoms with E-state index in [0.717, 1.165) is 25.7 Å². The van der Waals surface area contributed by atoms with Crippen molar-refractivity contribution in [1.29, 1.82) is 0 Å². The lowest BCUT2D eigenvalue weighted by molar-refractivity contribution is -0.270. The summed E-state index contributed by atoms with van der Waals surface area (Å²) in [6, 6.07) is -1.54. The van der Waals surface area contributed by atoms with Gasteiger partial charge in [-0.15, -0.1) is 0 Å². The van der Waals surface area contributed by atoms with Crippen molar-refractivity contribution in [3.8, 4) is 0 Å². The largest absolute Gasteiger partial charge is 0.464 e. The van der Waals surface area contributed by atoms with Gasteiger partial charge in [0.1, 0.15) is 6.04 Å². The van der Waals surface area contributed by atoms with E-state index in [9.17, 15) is 31.5 Å². The Balaban J connectivity index is 4.10. The van der Waals surface area contributed by atoms with E-state index in [2.05, 4.69) is 6.92 Å². The first-order valence-electron chi connectivity index (χ1n) is 11.5. The van der Waals surface area contributed by atoms with Gasteiger partial charge in [-0.25, -0.2) is 4.79 Å². The lowest BCUT2D eigenvalue weighted by Gasteiger charge is -2.22. The highest BCUT2D eigenvalue weighted by atomic mass is 32.2. The van der Waals surface area contributed by atoms with Gasteiger partial charge >= 0.3 is 24.0 Å². The summed E-state index contributed by atoms with van der Waals surface area (Å²) in [4.78, 5) is 23.5. The molecular formula is C22H38F5NO3S. The van der Waals surface area contributed by atoms with Crippen LogP contribution >= 0.6 is 11.8 Å². The summed E-state index contributed by atoms with van der Waals surface area (Å²) in [5.41, 5.74) is 0. The zero-order chi connectivity index (χ0) is 24.5. The molecule has 0 rings (SSSR count). The second-order valence-corrected chi connectivity index (χ2v) is 8.92. The van der Waals surface area contributed by atoms with E-state index in [1.807, 2.05) is 0 Å². The predicted molar refractivity (Wildman–Crippen MR) is 118 cm³/mol. The maximum Gasteiger partial charge on any atom is 0.463 e. The summed E-state index contributed by atoms with van der Waals surface area (Å²) >= 11 is 1.27. The molecule has 0 saturated heterocycles.